The van der Waals surface area contributed by atoms with Crippen LogP contribution in [0.1, 0.15) is 31.0 Å². The highest BCUT2D eigenvalue weighted by atomic mass is 16.5. The molecule has 0 radical (unpaired) electrons. The Morgan fingerprint density at radius 2 is 1.67 bits per heavy atom. The third-order valence-corrected chi connectivity index (χ3v) is 4.24. The number of ketones is 1. The average molecular weight is 365 g/mol. The van der Waals surface area contributed by atoms with Gasteiger partial charge in [0.25, 0.3) is 0 Å². The quantitative estimate of drug-likeness (QED) is 0.438. The van der Waals surface area contributed by atoms with Crippen LogP contribution in [0.15, 0.2) is 60.7 Å². The molecule has 2 aromatic rings. The van der Waals surface area contributed by atoms with Crippen LogP contribution in [0.25, 0.3) is 5.53 Å². The molecule has 0 saturated heterocycles. The van der Waals surface area contributed by atoms with E-state index in [1.165, 1.54) is 0 Å². The predicted octanol–water partition coefficient (Wildman–Crippen LogP) is 3.80. The molecule has 0 heterocycles. The lowest BCUT2D eigenvalue weighted by molar-refractivity contribution is -0.121. The summed E-state index contributed by atoms with van der Waals surface area (Å²) < 4.78 is 5.31. The summed E-state index contributed by atoms with van der Waals surface area (Å²) in [5, 5.41) is 2.80. The van der Waals surface area contributed by atoms with Crippen LogP contribution >= 0.6 is 0 Å². The van der Waals surface area contributed by atoms with Gasteiger partial charge in [0, 0.05) is 0 Å². The molecule has 1 amide bonds. The van der Waals surface area contributed by atoms with E-state index < -0.39 is 18.1 Å². The summed E-state index contributed by atoms with van der Waals surface area (Å²) in [5.41, 5.74) is 10.4. The molecule has 6 nitrogen and oxygen atoms in total. The van der Waals surface area contributed by atoms with Crippen LogP contribution in [0.2, 0.25) is 0 Å². The Kier molecular flexibility index (Phi) is 7.47. The Hall–Kier alpha value is -3.24. The minimum absolute atomic E-state index is 0.102. The van der Waals surface area contributed by atoms with E-state index in [-0.39, 0.29) is 18.3 Å². The van der Waals surface area contributed by atoms with Crippen molar-refractivity contribution < 1.29 is 19.1 Å². The number of alkyl carbamates (subject to hydrolysis) is 1. The highest BCUT2D eigenvalue weighted by Crippen LogP contribution is 2.29. The molecule has 0 spiro atoms. The van der Waals surface area contributed by atoms with Crippen LogP contribution in [-0.4, -0.2) is 22.9 Å². The fourth-order valence-corrected chi connectivity index (χ4v) is 2.95. The van der Waals surface area contributed by atoms with Gasteiger partial charge in [0.05, 0.1) is 12.0 Å². The molecular formula is C21H23N3O3. The summed E-state index contributed by atoms with van der Waals surface area (Å²) >= 11 is 0. The van der Waals surface area contributed by atoms with Crippen molar-refractivity contribution in [2.45, 2.75) is 26.5 Å². The van der Waals surface area contributed by atoms with Gasteiger partial charge in [-0.05, 0) is 17.0 Å². The molecule has 0 aliphatic carbocycles. The molecule has 2 rings (SSSR count). The Morgan fingerprint density at radius 1 is 1.07 bits per heavy atom. The third kappa shape index (κ3) is 5.90. The minimum Gasteiger partial charge on any atom is -0.445 e. The summed E-state index contributed by atoms with van der Waals surface area (Å²) in [6.45, 7) is 3.88. The summed E-state index contributed by atoms with van der Waals surface area (Å²) in [4.78, 5) is 27.7. The SMILES string of the molecule is CC(C)[C@@H](C(=O)C=[N+]=[N-])[C@@H](NC(=O)OCc1ccccc1)c1ccccc1. The van der Waals surface area contributed by atoms with Crippen molar-refractivity contribution in [3.63, 3.8) is 0 Å². The zero-order valence-corrected chi connectivity index (χ0v) is 15.4. The predicted molar refractivity (Wildman–Crippen MR) is 102 cm³/mol. The smallest absolute Gasteiger partial charge is 0.407 e. The van der Waals surface area contributed by atoms with E-state index in [1.807, 2.05) is 74.5 Å². The fraction of sp³-hybridized carbons (Fsp3) is 0.286. The van der Waals surface area contributed by atoms with Gasteiger partial charge in [-0.15, -0.1) is 0 Å². The molecule has 0 fully saturated rings. The molecule has 0 unspecified atom stereocenters. The van der Waals surface area contributed by atoms with E-state index in [2.05, 4.69) is 10.1 Å². The van der Waals surface area contributed by atoms with Crippen molar-refractivity contribution in [1.29, 1.82) is 0 Å². The molecule has 0 aliphatic heterocycles. The Balaban J connectivity index is 2.20. The number of hydrogen-bond donors (Lipinski definition) is 1. The van der Waals surface area contributed by atoms with Gasteiger partial charge in [0.15, 0.2) is 0 Å². The number of nitrogens with zero attached hydrogens (tertiary/aromatic N) is 2. The number of rotatable bonds is 8. The zero-order valence-electron chi connectivity index (χ0n) is 15.4. The maximum atomic E-state index is 12.5. The summed E-state index contributed by atoms with van der Waals surface area (Å²) in [7, 11) is 0. The van der Waals surface area contributed by atoms with Gasteiger partial charge in [0.1, 0.15) is 6.61 Å². The van der Waals surface area contributed by atoms with Crippen molar-refractivity contribution in [1.82, 2.24) is 5.32 Å². The fourth-order valence-electron chi connectivity index (χ4n) is 2.95. The summed E-state index contributed by atoms with van der Waals surface area (Å²) in [6, 6.07) is 17.9. The van der Waals surface area contributed by atoms with Crippen molar-refractivity contribution in [3.05, 3.63) is 77.3 Å². The Labute approximate surface area is 158 Å². The van der Waals surface area contributed by atoms with Crippen molar-refractivity contribution in [2.24, 2.45) is 11.8 Å². The lowest BCUT2D eigenvalue weighted by Crippen LogP contribution is -2.40. The molecule has 0 saturated carbocycles. The first kappa shape index (κ1) is 20.1. The van der Waals surface area contributed by atoms with Crippen molar-refractivity contribution in [2.75, 3.05) is 0 Å². The lowest BCUT2D eigenvalue weighted by atomic mass is 9.81. The van der Waals surface area contributed by atoms with Crippen LogP contribution in [0, 0.1) is 11.8 Å². The van der Waals surface area contributed by atoms with Crippen LogP contribution < -0.4 is 5.32 Å². The summed E-state index contributed by atoms with van der Waals surface area (Å²) in [6.07, 6.45) is 0.254. The second-order valence-corrected chi connectivity index (χ2v) is 6.51. The molecule has 1 N–H and O–H groups in total. The first-order valence-corrected chi connectivity index (χ1v) is 8.76. The van der Waals surface area contributed by atoms with Gasteiger partial charge in [-0.25, -0.2) is 4.79 Å². The van der Waals surface area contributed by atoms with Crippen molar-refractivity contribution in [3.8, 4) is 0 Å². The normalized spacial score (nSPS) is 12.6. The number of benzene rings is 2. The number of carbonyl (C=O) groups is 2. The molecular weight excluding hydrogens is 342 g/mol. The van der Waals surface area contributed by atoms with E-state index in [0.717, 1.165) is 17.3 Å². The lowest BCUT2D eigenvalue weighted by Gasteiger charge is -2.28. The van der Waals surface area contributed by atoms with Gasteiger partial charge >= 0.3 is 12.3 Å². The molecule has 0 bridgehead atoms. The van der Waals surface area contributed by atoms with Crippen molar-refractivity contribution >= 4 is 18.1 Å². The van der Waals surface area contributed by atoms with Gasteiger partial charge in [0.2, 0.25) is 5.78 Å². The molecule has 2 atom stereocenters. The molecule has 27 heavy (non-hydrogen) atoms. The summed E-state index contributed by atoms with van der Waals surface area (Å²) in [5.74, 6) is -1.08. The number of Topliss-reactive ketones (excluding diaryl/α,β-unsaturated/α-hetero) is 1. The van der Waals surface area contributed by atoms with Crippen LogP contribution in [-0.2, 0) is 16.1 Å². The highest BCUT2D eigenvalue weighted by Gasteiger charge is 2.34. The van der Waals surface area contributed by atoms with Gasteiger partial charge in [-0.3, -0.25) is 4.79 Å². The first-order chi connectivity index (χ1) is 13.0. The third-order valence-electron chi connectivity index (χ3n) is 4.24. The second kappa shape index (κ2) is 10.0. The maximum Gasteiger partial charge on any atom is 0.407 e. The number of ether oxygens (including phenoxy) is 1. The monoisotopic (exact) mass is 365 g/mol. The van der Waals surface area contributed by atoms with Crippen LogP contribution in [0.4, 0.5) is 4.79 Å². The number of nitrogens with one attached hydrogen (secondary N) is 1. The van der Waals surface area contributed by atoms with Crippen LogP contribution in [0.5, 0.6) is 0 Å². The van der Waals surface area contributed by atoms with Gasteiger partial charge < -0.3 is 15.6 Å². The second-order valence-electron chi connectivity index (χ2n) is 6.51. The average Bonchev–Trinajstić information content (AvgIpc) is 2.67. The maximum absolute atomic E-state index is 12.5. The minimum atomic E-state index is -0.618. The number of carbonyl (C=O) groups excluding carboxylic acids is 2. The molecule has 0 aliphatic rings. The molecule has 6 heteroatoms. The van der Waals surface area contributed by atoms with E-state index >= 15 is 0 Å². The standard InChI is InChI=1S/C21H23N3O3/c1-15(2)19(18(25)13-23-22)20(17-11-7-4-8-12-17)24-21(26)27-14-16-9-5-3-6-10-16/h3-13,15,19-20H,14H2,1-2H3,(H,24,26)/t19-,20-/m0/s1. The first-order valence-electron chi connectivity index (χ1n) is 8.76. The van der Waals surface area contributed by atoms with Gasteiger partial charge in [-0.2, -0.15) is 4.79 Å². The van der Waals surface area contributed by atoms with Gasteiger partial charge in [-0.1, -0.05) is 74.5 Å². The highest BCUT2D eigenvalue weighted by molar-refractivity contribution is 6.26. The largest absolute Gasteiger partial charge is 0.445 e. The van der Waals surface area contributed by atoms with E-state index in [4.69, 9.17) is 10.3 Å². The van der Waals surface area contributed by atoms with Crippen LogP contribution in [0.3, 0.4) is 0 Å². The van der Waals surface area contributed by atoms with E-state index in [0.29, 0.717) is 0 Å². The topological polar surface area (TPSA) is 91.8 Å². The number of amides is 1. The zero-order chi connectivity index (χ0) is 19.6. The molecule has 0 aromatic heterocycles. The molecule has 140 valence electrons. The number of hydrogen-bond acceptors (Lipinski definition) is 3. The Morgan fingerprint density at radius 3 is 2.22 bits per heavy atom. The van der Waals surface area contributed by atoms with E-state index in [1.54, 1.807) is 0 Å². The Bertz CT molecular complexity index is 800. The molecule has 2 aromatic carbocycles. The van der Waals surface area contributed by atoms with E-state index in [9.17, 15) is 9.59 Å².